The highest BCUT2D eigenvalue weighted by Gasteiger charge is 2.31. The maximum Gasteiger partial charge on any atom is 0.416 e. The highest BCUT2D eigenvalue weighted by Crippen LogP contribution is 2.32. The van der Waals surface area contributed by atoms with Gasteiger partial charge < -0.3 is 5.73 Å². The van der Waals surface area contributed by atoms with Crippen LogP contribution in [0, 0.1) is 5.82 Å². The summed E-state index contributed by atoms with van der Waals surface area (Å²) < 4.78 is 50.4. The van der Waals surface area contributed by atoms with Crippen LogP contribution in [0.15, 0.2) is 30.9 Å². The summed E-state index contributed by atoms with van der Waals surface area (Å²) in [5, 5.41) is 0. The maximum atomic E-state index is 13.1. The molecule has 0 radical (unpaired) electrons. The molecule has 0 aromatic heterocycles. The second kappa shape index (κ2) is 5.31. The van der Waals surface area contributed by atoms with E-state index >= 15 is 0 Å². The van der Waals surface area contributed by atoms with Gasteiger partial charge in [0.2, 0.25) is 0 Å². The van der Waals surface area contributed by atoms with E-state index in [-0.39, 0.29) is 5.56 Å². The van der Waals surface area contributed by atoms with Crippen LogP contribution < -0.4 is 5.73 Å². The van der Waals surface area contributed by atoms with Crippen molar-refractivity contribution in [1.82, 2.24) is 0 Å². The van der Waals surface area contributed by atoms with Crippen LogP contribution in [0.25, 0.3) is 0 Å². The van der Waals surface area contributed by atoms with Gasteiger partial charge in [0, 0.05) is 6.04 Å². The Morgan fingerprint density at radius 2 is 1.94 bits per heavy atom. The Labute approximate surface area is 96.9 Å². The van der Waals surface area contributed by atoms with Gasteiger partial charge in [0.15, 0.2) is 0 Å². The first-order chi connectivity index (χ1) is 7.84. The van der Waals surface area contributed by atoms with E-state index in [0.717, 1.165) is 12.1 Å². The molecule has 0 heterocycles. The molecule has 0 fully saturated rings. The number of nitrogens with two attached hydrogens (primary N) is 1. The van der Waals surface area contributed by atoms with Crippen molar-refractivity contribution >= 4 is 0 Å². The molecule has 0 amide bonds. The van der Waals surface area contributed by atoms with E-state index in [2.05, 4.69) is 6.58 Å². The lowest BCUT2D eigenvalue weighted by atomic mass is 10.0. The molecule has 2 N–H and O–H groups in total. The van der Waals surface area contributed by atoms with E-state index in [0.29, 0.717) is 18.9 Å². The topological polar surface area (TPSA) is 26.0 Å². The molecule has 1 aromatic rings. The third-order valence-corrected chi connectivity index (χ3v) is 2.36. The minimum absolute atomic E-state index is 0.152. The Kier molecular flexibility index (Phi) is 4.28. The SMILES string of the molecule is C=CCC[C@H](N)c1cc(F)cc(C(F)(F)F)c1. The Morgan fingerprint density at radius 3 is 2.47 bits per heavy atom. The van der Waals surface area contributed by atoms with Crippen LogP contribution in [-0.2, 0) is 6.18 Å². The van der Waals surface area contributed by atoms with E-state index in [9.17, 15) is 17.6 Å². The molecular formula is C12H13F4N. The fraction of sp³-hybridized carbons (Fsp3) is 0.333. The Bertz CT molecular complexity index is 398. The van der Waals surface area contributed by atoms with Gasteiger partial charge in [0.1, 0.15) is 5.82 Å². The molecule has 1 rings (SSSR count). The van der Waals surface area contributed by atoms with Gasteiger partial charge >= 0.3 is 6.18 Å². The molecule has 1 nitrogen and oxygen atoms in total. The molecule has 1 atom stereocenters. The third-order valence-electron chi connectivity index (χ3n) is 2.36. The fourth-order valence-electron chi connectivity index (χ4n) is 1.45. The van der Waals surface area contributed by atoms with Crippen molar-refractivity contribution in [2.24, 2.45) is 5.73 Å². The van der Waals surface area contributed by atoms with E-state index in [1.54, 1.807) is 6.08 Å². The zero-order valence-electron chi connectivity index (χ0n) is 9.10. The summed E-state index contributed by atoms with van der Waals surface area (Å²) in [4.78, 5) is 0. The van der Waals surface area contributed by atoms with Gasteiger partial charge in [-0.3, -0.25) is 0 Å². The maximum absolute atomic E-state index is 13.1. The smallest absolute Gasteiger partial charge is 0.324 e. The minimum atomic E-state index is -4.56. The molecule has 5 heteroatoms. The highest BCUT2D eigenvalue weighted by molar-refractivity contribution is 5.28. The molecule has 0 aliphatic heterocycles. The monoisotopic (exact) mass is 247 g/mol. The van der Waals surface area contributed by atoms with Crippen molar-refractivity contribution < 1.29 is 17.6 Å². The minimum Gasteiger partial charge on any atom is -0.324 e. The Morgan fingerprint density at radius 1 is 1.29 bits per heavy atom. The lowest BCUT2D eigenvalue weighted by Crippen LogP contribution is -2.13. The third kappa shape index (κ3) is 3.85. The standard InChI is InChI=1S/C12H13F4N/c1-2-3-4-11(17)8-5-9(12(14,15)16)7-10(13)6-8/h2,5-7,11H,1,3-4,17H2/t11-/m0/s1. The van der Waals surface area contributed by atoms with Crippen molar-refractivity contribution in [2.75, 3.05) is 0 Å². The number of rotatable bonds is 4. The summed E-state index contributed by atoms with van der Waals surface area (Å²) in [6.07, 6.45) is -1.94. The summed E-state index contributed by atoms with van der Waals surface area (Å²) >= 11 is 0. The van der Waals surface area contributed by atoms with Crippen molar-refractivity contribution in [3.05, 3.63) is 47.8 Å². The van der Waals surface area contributed by atoms with Crippen LogP contribution in [0.4, 0.5) is 17.6 Å². The lowest BCUT2D eigenvalue weighted by Gasteiger charge is -2.14. The van der Waals surface area contributed by atoms with E-state index in [1.165, 1.54) is 0 Å². The highest BCUT2D eigenvalue weighted by atomic mass is 19.4. The summed E-state index contributed by atoms with van der Waals surface area (Å²) in [5.41, 5.74) is 4.82. The molecule has 94 valence electrons. The van der Waals surface area contributed by atoms with Crippen LogP contribution in [0.3, 0.4) is 0 Å². The number of alkyl halides is 3. The van der Waals surface area contributed by atoms with E-state index in [1.807, 2.05) is 0 Å². The average molecular weight is 247 g/mol. The van der Waals surface area contributed by atoms with Gasteiger partial charge in [-0.25, -0.2) is 4.39 Å². The zero-order chi connectivity index (χ0) is 13.1. The lowest BCUT2D eigenvalue weighted by molar-refractivity contribution is -0.137. The summed E-state index contributed by atoms with van der Waals surface area (Å²) in [5.74, 6) is -0.927. The van der Waals surface area contributed by atoms with Crippen molar-refractivity contribution in [3.8, 4) is 0 Å². The van der Waals surface area contributed by atoms with Crippen LogP contribution in [0.2, 0.25) is 0 Å². The molecule has 0 bridgehead atoms. The van der Waals surface area contributed by atoms with E-state index < -0.39 is 23.6 Å². The predicted molar refractivity (Wildman–Crippen MR) is 57.8 cm³/mol. The number of benzene rings is 1. The first kappa shape index (κ1) is 13.7. The summed E-state index contributed by atoms with van der Waals surface area (Å²) in [6, 6.07) is 1.76. The number of hydrogen-bond acceptors (Lipinski definition) is 1. The van der Waals surface area contributed by atoms with Crippen molar-refractivity contribution in [1.29, 1.82) is 0 Å². The van der Waals surface area contributed by atoms with Crippen molar-refractivity contribution in [2.45, 2.75) is 25.1 Å². The van der Waals surface area contributed by atoms with Crippen molar-refractivity contribution in [3.63, 3.8) is 0 Å². The normalized spacial score (nSPS) is 13.5. The largest absolute Gasteiger partial charge is 0.416 e. The molecule has 0 aliphatic carbocycles. The number of halogens is 4. The zero-order valence-corrected chi connectivity index (χ0v) is 9.10. The summed E-state index contributed by atoms with van der Waals surface area (Å²) in [7, 11) is 0. The van der Waals surface area contributed by atoms with Crippen LogP contribution >= 0.6 is 0 Å². The fourth-order valence-corrected chi connectivity index (χ4v) is 1.45. The van der Waals surface area contributed by atoms with E-state index in [4.69, 9.17) is 5.73 Å². The van der Waals surface area contributed by atoms with Gasteiger partial charge in [-0.15, -0.1) is 6.58 Å². The van der Waals surface area contributed by atoms with Gasteiger partial charge in [0.25, 0.3) is 0 Å². The van der Waals surface area contributed by atoms with Gasteiger partial charge in [0.05, 0.1) is 5.56 Å². The molecule has 0 spiro atoms. The second-order valence-electron chi connectivity index (χ2n) is 3.74. The quantitative estimate of drug-likeness (QED) is 0.635. The van der Waals surface area contributed by atoms with Gasteiger partial charge in [-0.2, -0.15) is 13.2 Å². The molecular weight excluding hydrogens is 234 g/mol. The number of allylic oxidation sites excluding steroid dienone is 1. The molecule has 1 aromatic carbocycles. The molecule has 0 saturated heterocycles. The average Bonchev–Trinajstić information content (AvgIpc) is 2.23. The van der Waals surface area contributed by atoms with Gasteiger partial charge in [-0.05, 0) is 36.6 Å². The molecule has 0 unspecified atom stereocenters. The van der Waals surface area contributed by atoms with Gasteiger partial charge in [-0.1, -0.05) is 6.08 Å². The van der Waals surface area contributed by atoms with Crippen LogP contribution in [0.5, 0.6) is 0 Å². The Hall–Kier alpha value is -1.36. The van der Waals surface area contributed by atoms with Crippen LogP contribution in [-0.4, -0.2) is 0 Å². The molecule has 0 aliphatic rings. The predicted octanol–water partition coefficient (Wildman–Crippen LogP) is 3.81. The first-order valence-electron chi connectivity index (χ1n) is 5.08. The molecule has 17 heavy (non-hydrogen) atoms. The first-order valence-corrected chi connectivity index (χ1v) is 5.08. The Balaban J connectivity index is 3.00. The summed E-state index contributed by atoms with van der Waals surface area (Å²) in [6.45, 7) is 3.49. The second-order valence-corrected chi connectivity index (χ2v) is 3.74. The number of hydrogen-bond donors (Lipinski definition) is 1. The van der Waals surface area contributed by atoms with Crippen LogP contribution in [0.1, 0.15) is 30.0 Å². The molecule has 0 saturated carbocycles.